The molecule has 1 N–H and O–H groups in total. The van der Waals surface area contributed by atoms with Gasteiger partial charge in [-0.15, -0.1) is 0 Å². The summed E-state index contributed by atoms with van der Waals surface area (Å²) < 4.78 is 18.6. The second kappa shape index (κ2) is 9.95. The Bertz CT molecular complexity index is 725. The highest BCUT2D eigenvalue weighted by atomic mass is 19.1. The lowest BCUT2D eigenvalue weighted by Crippen LogP contribution is -2.30. The van der Waals surface area contributed by atoms with Crippen LogP contribution < -0.4 is 15.0 Å². The molecule has 0 atom stereocenters. The van der Waals surface area contributed by atoms with Crippen LogP contribution in [0.5, 0.6) is 5.75 Å². The SMILES string of the molecule is O=C(COc1ccccc1F)NCCc1ccc(N2CCCCCC2)cc1. The number of nitrogens with one attached hydrogen (secondary N) is 1. The summed E-state index contributed by atoms with van der Waals surface area (Å²) in [5.74, 6) is -0.619. The maximum atomic E-state index is 13.4. The summed E-state index contributed by atoms with van der Waals surface area (Å²) in [5.41, 5.74) is 2.46. The molecule has 0 radical (unpaired) electrons. The van der Waals surface area contributed by atoms with Crippen molar-refractivity contribution in [2.45, 2.75) is 32.1 Å². The standard InChI is InChI=1S/C22H27FN2O2/c23-20-7-3-4-8-21(20)27-17-22(26)24-14-13-18-9-11-19(12-10-18)25-15-5-1-2-6-16-25/h3-4,7-12H,1-2,5-6,13-17H2,(H,24,26). The molecular weight excluding hydrogens is 343 g/mol. The molecule has 0 bridgehead atoms. The first-order valence-electron chi connectivity index (χ1n) is 9.70. The lowest BCUT2D eigenvalue weighted by atomic mass is 10.1. The van der Waals surface area contributed by atoms with Crippen LogP contribution in [0.2, 0.25) is 0 Å². The summed E-state index contributed by atoms with van der Waals surface area (Å²) in [6, 6.07) is 14.7. The number of halogens is 1. The zero-order valence-electron chi connectivity index (χ0n) is 15.6. The molecule has 2 aromatic carbocycles. The molecule has 4 nitrogen and oxygen atoms in total. The van der Waals surface area contributed by atoms with Crippen LogP contribution in [0.15, 0.2) is 48.5 Å². The maximum Gasteiger partial charge on any atom is 0.257 e. The van der Waals surface area contributed by atoms with Crippen molar-refractivity contribution in [2.75, 3.05) is 31.1 Å². The number of ether oxygens (including phenoxy) is 1. The molecule has 3 rings (SSSR count). The number of amides is 1. The Morgan fingerprint density at radius 2 is 1.70 bits per heavy atom. The Balaban J connectivity index is 1.39. The number of hydrogen-bond donors (Lipinski definition) is 1. The molecule has 1 heterocycles. The van der Waals surface area contributed by atoms with E-state index in [2.05, 4.69) is 34.5 Å². The van der Waals surface area contributed by atoms with Gasteiger partial charge in [-0.2, -0.15) is 0 Å². The maximum absolute atomic E-state index is 13.4. The Labute approximate surface area is 160 Å². The van der Waals surface area contributed by atoms with E-state index in [1.54, 1.807) is 12.1 Å². The van der Waals surface area contributed by atoms with Gasteiger partial charge in [0.05, 0.1) is 0 Å². The monoisotopic (exact) mass is 370 g/mol. The Morgan fingerprint density at radius 3 is 2.41 bits per heavy atom. The summed E-state index contributed by atoms with van der Waals surface area (Å²) in [4.78, 5) is 14.3. The van der Waals surface area contributed by atoms with Crippen molar-refractivity contribution in [3.63, 3.8) is 0 Å². The van der Waals surface area contributed by atoms with Crippen LogP contribution in [-0.4, -0.2) is 32.1 Å². The molecule has 0 spiro atoms. The number of hydrogen-bond acceptors (Lipinski definition) is 3. The molecule has 27 heavy (non-hydrogen) atoms. The highest BCUT2D eigenvalue weighted by Crippen LogP contribution is 2.20. The van der Waals surface area contributed by atoms with Gasteiger partial charge in [0.15, 0.2) is 18.2 Å². The number of nitrogens with zero attached hydrogens (tertiary/aromatic N) is 1. The second-order valence-corrected chi connectivity index (χ2v) is 6.89. The minimum atomic E-state index is -0.463. The number of carbonyl (C=O) groups excluding carboxylic acids is 1. The van der Waals surface area contributed by atoms with Crippen molar-refractivity contribution in [2.24, 2.45) is 0 Å². The van der Waals surface area contributed by atoms with Gasteiger partial charge in [0.25, 0.3) is 5.91 Å². The van der Waals surface area contributed by atoms with E-state index in [4.69, 9.17) is 4.74 Å². The van der Waals surface area contributed by atoms with Crippen LogP contribution in [-0.2, 0) is 11.2 Å². The van der Waals surface area contributed by atoms with Crippen molar-refractivity contribution in [1.29, 1.82) is 0 Å². The Hall–Kier alpha value is -2.56. The van der Waals surface area contributed by atoms with E-state index in [1.165, 1.54) is 49.1 Å². The Kier molecular flexibility index (Phi) is 7.08. The summed E-state index contributed by atoms with van der Waals surface area (Å²) in [7, 11) is 0. The van der Waals surface area contributed by atoms with Crippen molar-refractivity contribution in [3.8, 4) is 5.75 Å². The van der Waals surface area contributed by atoms with Crippen LogP contribution in [0.4, 0.5) is 10.1 Å². The fourth-order valence-electron chi connectivity index (χ4n) is 3.30. The Morgan fingerprint density at radius 1 is 1.00 bits per heavy atom. The van der Waals surface area contributed by atoms with Crippen LogP contribution in [0.25, 0.3) is 0 Å². The summed E-state index contributed by atoms with van der Waals surface area (Å²) >= 11 is 0. The molecular formula is C22H27FN2O2. The topological polar surface area (TPSA) is 41.6 Å². The minimum absolute atomic E-state index is 0.0942. The zero-order chi connectivity index (χ0) is 18.9. The predicted octanol–water partition coefficient (Wildman–Crippen LogP) is 3.94. The summed E-state index contributed by atoms with van der Waals surface area (Å²) in [6.07, 6.45) is 5.95. The molecule has 1 fully saturated rings. The lowest BCUT2D eigenvalue weighted by Gasteiger charge is -2.22. The van der Waals surface area contributed by atoms with Gasteiger partial charge in [-0.3, -0.25) is 4.79 Å². The molecule has 144 valence electrons. The second-order valence-electron chi connectivity index (χ2n) is 6.89. The molecule has 0 aromatic heterocycles. The minimum Gasteiger partial charge on any atom is -0.481 e. The van der Waals surface area contributed by atoms with Gasteiger partial charge in [-0.05, 0) is 49.1 Å². The molecule has 1 saturated heterocycles. The van der Waals surface area contributed by atoms with Crippen LogP contribution in [0.1, 0.15) is 31.2 Å². The molecule has 5 heteroatoms. The molecule has 0 unspecified atom stereocenters. The first-order valence-corrected chi connectivity index (χ1v) is 9.70. The highest BCUT2D eigenvalue weighted by molar-refractivity contribution is 5.77. The molecule has 0 saturated carbocycles. The largest absolute Gasteiger partial charge is 0.481 e. The number of benzene rings is 2. The third-order valence-electron chi connectivity index (χ3n) is 4.84. The zero-order valence-corrected chi connectivity index (χ0v) is 15.6. The quantitative estimate of drug-likeness (QED) is 0.803. The first kappa shape index (κ1) is 19.2. The summed E-state index contributed by atoms with van der Waals surface area (Å²) in [5, 5.41) is 2.81. The van der Waals surface area contributed by atoms with Crippen LogP contribution >= 0.6 is 0 Å². The van der Waals surface area contributed by atoms with Crippen LogP contribution in [0.3, 0.4) is 0 Å². The molecule has 2 aromatic rings. The van der Waals surface area contributed by atoms with Crippen molar-refractivity contribution in [3.05, 3.63) is 59.9 Å². The van der Waals surface area contributed by atoms with E-state index in [0.29, 0.717) is 6.54 Å². The number of rotatable bonds is 7. The van der Waals surface area contributed by atoms with E-state index in [-0.39, 0.29) is 18.3 Å². The third kappa shape index (κ3) is 5.98. The van der Waals surface area contributed by atoms with E-state index in [0.717, 1.165) is 19.5 Å². The first-order chi connectivity index (χ1) is 13.2. The molecule has 1 aliphatic rings. The molecule has 1 amide bonds. The fourth-order valence-corrected chi connectivity index (χ4v) is 3.30. The van der Waals surface area contributed by atoms with Gasteiger partial charge in [0.1, 0.15) is 0 Å². The van der Waals surface area contributed by atoms with E-state index in [1.807, 2.05) is 0 Å². The van der Waals surface area contributed by atoms with Gasteiger partial charge in [-0.1, -0.05) is 37.1 Å². The van der Waals surface area contributed by atoms with Gasteiger partial charge in [0.2, 0.25) is 0 Å². The van der Waals surface area contributed by atoms with E-state index < -0.39 is 5.82 Å². The molecule has 1 aliphatic heterocycles. The number of para-hydroxylation sites is 1. The van der Waals surface area contributed by atoms with E-state index in [9.17, 15) is 9.18 Å². The van der Waals surface area contributed by atoms with Crippen molar-refractivity contribution in [1.82, 2.24) is 5.32 Å². The highest BCUT2D eigenvalue weighted by Gasteiger charge is 2.10. The third-order valence-corrected chi connectivity index (χ3v) is 4.84. The number of carbonyl (C=O) groups is 1. The van der Waals surface area contributed by atoms with Crippen molar-refractivity contribution >= 4 is 11.6 Å². The average Bonchev–Trinajstić information content (AvgIpc) is 2.97. The van der Waals surface area contributed by atoms with Crippen molar-refractivity contribution < 1.29 is 13.9 Å². The predicted molar refractivity (Wildman–Crippen MR) is 106 cm³/mol. The fraction of sp³-hybridized carbons (Fsp3) is 0.409. The van der Waals surface area contributed by atoms with E-state index >= 15 is 0 Å². The lowest BCUT2D eigenvalue weighted by molar-refractivity contribution is -0.123. The van der Waals surface area contributed by atoms with Gasteiger partial charge >= 0.3 is 0 Å². The number of anilines is 1. The normalized spacial score (nSPS) is 14.5. The summed E-state index contributed by atoms with van der Waals surface area (Å²) in [6.45, 7) is 2.62. The van der Waals surface area contributed by atoms with Crippen LogP contribution in [0, 0.1) is 5.82 Å². The molecule has 0 aliphatic carbocycles. The average molecular weight is 370 g/mol. The van der Waals surface area contributed by atoms with Gasteiger partial charge in [-0.25, -0.2) is 4.39 Å². The van der Waals surface area contributed by atoms with Gasteiger partial charge in [0, 0.05) is 25.3 Å². The van der Waals surface area contributed by atoms with Gasteiger partial charge < -0.3 is 15.0 Å². The smallest absolute Gasteiger partial charge is 0.257 e.